The Morgan fingerprint density at radius 2 is 1.77 bits per heavy atom. The minimum Gasteiger partial charge on any atom is -0.507 e. The van der Waals surface area contributed by atoms with Gasteiger partial charge in [0.2, 0.25) is 0 Å². The highest BCUT2D eigenvalue weighted by Gasteiger charge is 2.30. The number of aromatic amines is 1. The zero-order valence-corrected chi connectivity index (χ0v) is 21.7. The summed E-state index contributed by atoms with van der Waals surface area (Å²) >= 11 is 0. The van der Waals surface area contributed by atoms with Crippen molar-refractivity contribution < 1.29 is 23.4 Å². The number of halogens is 1. The number of amides is 2. The van der Waals surface area contributed by atoms with Crippen molar-refractivity contribution in [2.45, 2.75) is 12.3 Å². The number of ether oxygens (including phenoxy) is 1. The lowest BCUT2D eigenvalue weighted by Gasteiger charge is -2.27. The number of carbonyl (C=O) groups is 1. The molecule has 1 aliphatic rings. The fourth-order valence-corrected chi connectivity index (χ4v) is 5.48. The molecule has 0 radical (unpaired) electrons. The Morgan fingerprint density at radius 3 is 2.58 bits per heavy atom. The van der Waals surface area contributed by atoms with Crippen molar-refractivity contribution in [1.29, 1.82) is 0 Å². The fraction of sp³-hybridized carbons (Fsp3) is 0.226. The number of carbonyl (C=O) groups excluding carboxylic acids is 1. The highest BCUT2D eigenvalue weighted by molar-refractivity contribution is 5.87. The summed E-state index contributed by atoms with van der Waals surface area (Å²) in [7, 11) is 0. The van der Waals surface area contributed by atoms with E-state index in [2.05, 4.69) is 10.3 Å². The van der Waals surface area contributed by atoms with Gasteiger partial charge in [-0.15, -0.1) is 0 Å². The topological polar surface area (TPSA) is 108 Å². The number of aromatic nitrogens is 1. The molecule has 0 bridgehead atoms. The molecular formula is C31H28FN3O5. The SMILES string of the molecule is O=C(NCCc1c(C(c2cccc(F)c2)c2c(O)c3ccccc3oc2=O)[nH]c2ccccc12)N1CCOCC1. The summed E-state index contributed by atoms with van der Waals surface area (Å²) in [6.07, 6.45) is 0.431. The Bertz CT molecular complexity index is 1760. The van der Waals surface area contributed by atoms with Crippen molar-refractivity contribution in [1.82, 2.24) is 15.2 Å². The maximum absolute atomic E-state index is 14.6. The monoisotopic (exact) mass is 541 g/mol. The van der Waals surface area contributed by atoms with Crippen LogP contribution in [0.4, 0.5) is 9.18 Å². The van der Waals surface area contributed by atoms with E-state index >= 15 is 0 Å². The first-order valence-corrected chi connectivity index (χ1v) is 13.2. The average molecular weight is 542 g/mol. The number of aromatic hydroxyl groups is 1. The number of hydrogen-bond donors (Lipinski definition) is 3. The number of fused-ring (bicyclic) bond motifs is 2. The van der Waals surface area contributed by atoms with Crippen LogP contribution < -0.4 is 10.9 Å². The maximum atomic E-state index is 14.6. The van der Waals surface area contributed by atoms with Gasteiger partial charge in [-0.3, -0.25) is 0 Å². The van der Waals surface area contributed by atoms with Crippen LogP contribution in [0.3, 0.4) is 0 Å². The van der Waals surface area contributed by atoms with E-state index in [1.54, 1.807) is 41.3 Å². The molecule has 9 heteroatoms. The Balaban J connectivity index is 1.47. The summed E-state index contributed by atoms with van der Waals surface area (Å²) in [6, 6.07) is 20.2. The summed E-state index contributed by atoms with van der Waals surface area (Å²) in [5.74, 6) is -1.55. The summed E-state index contributed by atoms with van der Waals surface area (Å²) in [6.45, 7) is 2.41. The minimum atomic E-state index is -0.867. The molecule has 0 spiro atoms. The summed E-state index contributed by atoms with van der Waals surface area (Å²) in [5, 5.41) is 15.7. The highest BCUT2D eigenvalue weighted by Crippen LogP contribution is 2.41. The second kappa shape index (κ2) is 10.9. The quantitative estimate of drug-likeness (QED) is 0.266. The Labute approximate surface area is 229 Å². The summed E-state index contributed by atoms with van der Waals surface area (Å²) in [4.78, 5) is 31.3. The zero-order chi connectivity index (χ0) is 27.6. The second-order valence-corrected chi connectivity index (χ2v) is 9.78. The number of nitrogens with one attached hydrogen (secondary N) is 2. The number of benzene rings is 3. The summed E-state index contributed by atoms with van der Waals surface area (Å²) < 4.78 is 25.5. The van der Waals surface area contributed by atoms with Gasteiger partial charge < -0.3 is 29.5 Å². The van der Waals surface area contributed by atoms with Crippen molar-refractivity contribution in [3.63, 3.8) is 0 Å². The fourth-order valence-electron chi connectivity index (χ4n) is 5.48. The molecule has 1 saturated heterocycles. The van der Waals surface area contributed by atoms with Gasteiger partial charge in [-0.25, -0.2) is 14.0 Å². The maximum Gasteiger partial charge on any atom is 0.344 e. The lowest BCUT2D eigenvalue weighted by Crippen LogP contribution is -2.46. The van der Waals surface area contributed by atoms with Gasteiger partial charge in [0.1, 0.15) is 17.1 Å². The lowest BCUT2D eigenvalue weighted by atomic mass is 9.85. The molecule has 1 fully saturated rings. The molecule has 1 unspecified atom stereocenters. The molecule has 204 valence electrons. The van der Waals surface area contributed by atoms with Crippen LogP contribution in [-0.2, 0) is 11.2 Å². The molecule has 8 nitrogen and oxygen atoms in total. The molecule has 3 heterocycles. The number of para-hydroxylation sites is 2. The van der Waals surface area contributed by atoms with Crippen LogP contribution in [0.15, 0.2) is 82.0 Å². The molecule has 0 saturated carbocycles. The molecule has 5 aromatic rings. The Hall–Kier alpha value is -4.63. The first-order valence-electron chi connectivity index (χ1n) is 13.2. The lowest BCUT2D eigenvalue weighted by molar-refractivity contribution is 0.0533. The molecule has 3 N–H and O–H groups in total. The van der Waals surface area contributed by atoms with Crippen LogP contribution in [-0.4, -0.2) is 53.9 Å². The van der Waals surface area contributed by atoms with Crippen molar-refractivity contribution in [2.24, 2.45) is 0 Å². The number of H-pyrrole nitrogens is 1. The Morgan fingerprint density at radius 1 is 1.02 bits per heavy atom. The van der Waals surface area contributed by atoms with Crippen molar-refractivity contribution in [3.05, 3.63) is 111 Å². The van der Waals surface area contributed by atoms with Gasteiger partial charge in [-0.1, -0.05) is 42.5 Å². The molecular weight excluding hydrogens is 513 g/mol. The first kappa shape index (κ1) is 25.6. The van der Waals surface area contributed by atoms with E-state index in [1.807, 2.05) is 24.3 Å². The molecule has 0 aliphatic carbocycles. The zero-order valence-electron chi connectivity index (χ0n) is 21.7. The summed E-state index contributed by atoms with van der Waals surface area (Å²) in [5.41, 5.74) is 2.31. The predicted molar refractivity (Wildman–Crippen MR) is 149 cm³/mol. The molecule has 1 aliphatic heterocycles. The second-order valence-electron chi connectivity index (χ2n) is 9.78. The van der Waals surface area contributed by atoms with Gasteiger partial charge in [0, 0.05) is 36.2 Å². The molecule has 3 aromatic carbocycles. The number of morpholine rings is 1. The van der Waals surface area contributed by atoms with E-state index in [1.165, 1.54) is 12.1 Å². The normalized spacial score (nSPS) is 14.5. The van der Waals surface area contributed by atoms with Gasteiger partial charge in [0.15, 0.2) is 0 Å². The minimum absolute atomic E-state index is 0.00876. The smallest absolute Gasteiger partial charge is 0.344 e. The largest absolute Gasteiger partial charge is 0.507 e. The molecule has 1 atom stereocenters. The van der Waals surface area contributed by atoms with Crippen molar-refractivity contribution in [2.75, 3.05) is 32.8 Å². The predicted octanol–water partition coefficient (Wildman–Crippen LogP) is 4.88. The van der Waals surface area contributed by atoms with Crippen LogP contribution >= 0.6 is 0 Å². The van der Waals surface area contributed by atoms with Crippen LogP contribution in [0.1, 0.15) is 28.3 Å². The highest BCUT2D eigenvalue weighted by atomic mass is 19.1. The van der Waals surface area contributed by atoms with Gasteiger partial charge in [0.25, 0.3) is 0 Å². The van der Waals surface area contributed by atoms with Gasteiger partial charge in [-0.2, -0.15) is 0 Å². The van der Waals surface area contributed by atoms with E-state index in [9.17, 15) is 19.1 Å². The van der Waals surface area contributed by atoms with E-state index in [-0.39, 0.29) is 22.9 Å². The number of hydrogen-bond acceptors (Lipinski definition) is 5. The third-order valence-electron chi connectivity index (χ3n) is 7.38. The molecule has 40 heavy (non-hydrogen) atoms. The average Bonchev–Trinajstić information content (AvgIpc) is 3.33. The van der Waals surface area contributed by atoms with Crippen molar-refractivity contribution >= 4 is 27.9 Å². The standard InChI is InChI=1S/C31H28FN3O5/c32-20-7-5-6-19(18-20)26(27-29(36)23-9-2-4-11-25(23)40-30(27)37)28-22(21-8-1-3-10-24(21)34-28)12-13-33-31(38)35-14-16-39-17-15-35/h1-11,18,26,34,36H,12-17H2,(H,33,38). The number of nitrogens with zero attached hydrogens (tertiary/aromatic N) is 1. The van der Waals surface area contributed by atoms with E-state index in [4.69, 9.17) is 9.15 Å². The van der Waals surface area contributed by atoms with Gasteiger partial charge >= 0.3 is 11.7 Å². The van der Waals surface area contributed by atoms with Crippen LogP contribution in [0.5, 0.6) is 5.75 Å². The van der Waals surface area contributed by atoms with Crippen LogP contribution in [0.2, 0.25) is 0 Å². The van der Waals surface area contributed by atoms with E-state index in [0.29, 0.717) is 55.9 Å². The molecule has 6 rings (SSSR count). The number of urea groups is 1. The third-order valence-corrected chi connectivity index (χ3v) is 7.38. The molecule has 2 amide bonds. The first-order chi connectivity index (χ1) is 19.5. The van der Waals surface area contributed by atoms with Crippen LogP contribution in [0.25, 0.3) is 21.9 Å². The van der Waals surface area contributed by atoms with Gasteiger partial charge in [-0.05, 0) is 47.9 Å². The van der Waals surface area contributed by atoms with E-state index < -0.39 is 17.4 Å². The van der Waals surface area contributed by atoms with Crippen molar-refractivity contribution in [3.8, 4) is 5.75 Å². The molecule has 2 aromatic heterocycles. The van der Waals surface area contributed by atoms with E-state index in [0.717, 1.165) is 16.5 Å². The Kier molecular flexibility index (Phi) is 6.96. The third kappa shape index (κ3) is 4.80. The van der Waals surface area contributed by atoms with Crippen LogP contribution in [0, 0.1) is 5.82 Å². The number of rotatable bonds is 6. The van der Waals surface area contributed by atoms with Gasteiger partial charge in [0.05, 0.1) is 30.1 Å².